The zero-order chi connectivity index (χ0) is 13.0. The second kappa shape index (κ2) is 5.82. The molecule has 0 saturated heterocycles. The quantitative estimate of drug-likeness (QED) is 0.825. The first-order valence-electron chi connectivity index (χ1n) is 6.01. The summed E-state index contributed by atoms with van der Waals surface area (Å²) in [5.74, 6) is -0.824. The summed E-state index contributed by atoms with van der Waals surface area (Å²) in [7, 11) is 0. The van der Waals surface area contributed by atoms with E-state index in [1.54, 1.807) is 0 Å². The average molecular weight is 235 g/mol. The van der Waals surface area contributed by atoms with Crippen molar-refractivity contribution in [3.05, 3.63) is 34.9 Å². The Morgan fingerprint density at radius 1 is 1.29 bits per heavy atom. The number of aliphatic carboxylic acids is 1. The van der Waals surface area contributed by atoms with Crippen LogP contribution in [0, 0.1) is 13.8 Å². The Kier molecular flexibility index (Phi) is 4.70. The maximum Gasteiger partial charge on any atom is 0.325 e. The monoisotopic (exact) mass is 235 g/mol. The predicted molar refractivity (Wildman–Crippen MR) is 69.2 cm³/mol. The SMILES string of the molecule is CCC(C)NC(C(=O)O)c1cc(C)cc(C)c1. The fourth-order valence-electron chi connectivity index (χ4n) is 1.89. The molecule has 0 radical (unpaired) electrons. The number of carbonyl (C=O) groups is 1. The van der Waals surface area contributed by atoms with Gasteiger partial charge in [-0.1, -0.05) is 36.2 Å². The van der Waals surface area contributed by atoms with Gasteiger partial charge in [-0.2, -0.15) is 0 Å². The summed E-state index contributed by atoms with van der Waals surface area (Å²) < 4.78 is 0. The van der Waals surface area contributed by atoms with E-state index in [0.717, 1.165) is 23.1 Å². The van der Waals surface area contributed by atoms with Crippen molar-refractivity contribution in [2.45, 2.75) is 46.2 Å². The lowest BCUT2D eigenvalue weighted by Gasteiger charge is -2.20. The average Bonchev–Trinajstić information content (AvgIpc) is 2.23. The van der Waals surface area contributed by atoms with E-state index in [4.69, 9.17) is 0 Å². The van der Waals surface area contributed by atoms with Gasteiger partial charge in [0.1, 0.15) is 6.04 Å². The molecule has 0 aromatic heterocycles. The van der Waals surface area contributed by atoms with Gasteiger partial charge in [-0.05, 0) is 32.8 Å². The molecular formula is C14H21NO2. The van der Waals surface area contributed by atoms with Gasteiger partial charge < -0.3 is 5.11 Å². The predicted octanol–water partition coefficient (Wildman–Crippen LogP) is 2.82. The number of aryl methyl sites for hydroxylation is 2. The Labute approximate surface area is 103 Å². The molecule has 1 aromatic carbocycles. The summed E-state index contributed by atoms with van der Waals surface area (Å²) in [6.45, 7) is 8.01. The van der Waals surface area contributed by atoms with Gasteiger partial charge in [-0.3, -0.25) is 10.1 Å². The summed E-state index contributed by atoms with van der Waals surface area (Å²) in [5, 5.41) is 12.4. The number of hydrogen-bond acceptors (Lipinski definition) is 2. The van der Waals surface area contributed by atoms with E-state index in [9.17, 15) is 9.90 Å². The third-order valence-corrected chi connectivity index (χ3v) is 2.89. The van der Waals surface area contributed by atoms with Crippen molar-refractivity contribution in [1.29, 1.82) is 0 Å². The third kappa shape index (κ3) is 3.86. The molecule has 0 saturated carbocycles. The van der Waals surface area contributed by atoms with Crippen LogP contribution in [0.4, 0.5) is 0 Å². The van der Waals surface area contributed by atoms with Crippen LogP contribution in [0.15, 0.2) is 18.2 Å². The summed E-state index contributed by atoms with van der Waals surface area (Å²) in [5.41, 5.74) is 3.02. The van der Waals surface area contributed by atoms with Crippen molar-refractivity contribution < 1.29 is 9.90 Å². The highest BCUT2D eigenvalue weighted by molar-refractivity contribution is 5.75. The topological polar surface area (TPSA) is 49.3 Å². The molecule has 1 rings (SSSR count). The molecule has 17 heavy (non-hydrogen) atoms. The number of carboxylic acid groups (broad SMARTS) is 1. The maximum atomic E-state index is 11.3. The molecule has 94 valence electrons. The van der Waals surface area contributed by atoms with Crippen LogP contribution in [0.25, 0.3) is 0 Å². The van der Waals surface area contributed by atoms with Crippen LogP contribution >= 0.6 is 0 Å². The summed E-state index contributed by atoms with van der Waals surface area (Å²) in [6, 6.07) is 5.48. The Balaban J connectivity index is 3.01. The smallest absolute Gasteiger partial charge is 0.325 e. The van der Waals surface area contributed by atoms with Gasteiger partial charge in [0.05, 0.1) is 0 Å². The highest BCUT2D eigenvalue weighted by Crippen LogP contribution is 2.18. The highest BCUT2D eigenvalue weighted by atomic mass is 16.4. The Morgan fingerprint density at radius 3 is 2.24 bits per heavy atom. The molecule has 0 aliphatic rings. The second-order valence-electron chi connectivity index (χ2n) is 4.67. The standard InChI is InChI=1S/C14H21NO2/c1-5-11(4)15-13(14(16)17)12-7-9(2)6-10(3)8-12/h6-8,11,13,15H,5H2,1-4H3,(H,16,17). The van der Waals surface area contributed by atoms with Crippen molar-refractivity contribution in [2.24, 2.45) is 0 Å². The molecule has 0 fully saturated rings. The summed E-state index contributed by atoms with van der Waals surface area (Å²) in [4.78, 5) is 11.3. The van der Waals surface area contributed by atoms with Crippen LogP contribution in [0.1, 0.15) is 43.0 Å². The highest BCUT2D eigenvalue weighted by Gasteiger charge is 2.21. The van der Waals surface area contributed by atoms with E-state index < -0.39 is 12.0 Å². The molecule has 0 heterocycles. The number of carboxylic acids is 1. The van der Waals surface area contributed by atoms with Crippen molar-refractivity contribution in [3.8, 4) is 0 Å². The van der Waals surface area contributed by atoms with E-state index in [0.29, 0.717) is 0 Å². The van der Waals surface area contributed by atoms with Gasteiger partial charge in [-0.25, -0.2) is 0 Å². The van der Waals surface area contributed by atoms with E-state index in [1.165, 1.54) is 0 Å². The lowest BCUT2D eigenvalue weighted by molar-refractivity contribution is -0.139. The molecule has 0 aliphatic heterocycles. The van der Waals surface area contributed by atoms with Crippen LogP contribution in [-0.2, 0) is 4.79 Å². The van der Waals surface area contributed by atoms with Crippen molar-refractivity contribution in [3.63, 3.8) is 0 Å². The van der Waals surface area contributed by atoms with Gasteiger partial charge in [0.15, 0.2) is 0 Å². The van der Waals surface area contributed by atoms with Crippen LogP contribution in [-0.4, -0.2) is 17.1 Å². The van der Waals surface area contributed by atoms with Gasteiger partial charge in [0, 0.05) is 6.04 Å². The zero-order valence-corrected chi connectivity index (χ0v) is 10.9. The van der Waals surface area contributed by atoms with E-state index in [2.05, 4.69) is 5.32 Å². The van der Waals surface area contributed by atoms with Crippen LogP contribution in [0.2, 0.25) is 0 Å². The molecule has 3 heteroatoms. The molecule has 2 unspecified atom stereocenters. The summed E-state index contributed by atoms with van der Waals surface area (Å²) >= 11 is 0. The van der Waals surface area contributed by atoms with Crippen LogP contribution in [0.5, 0.6) is 0 Å². The zero-order valence-electron chi connectivity index (χ0n) is 10.9. The third-order valence-electron chi connectivity index (χ3n) is 2.89. The number of benzene rings is 1. The number of nitrogens with one attached hydrogen (secondary N) is 1. The van der Waals surface area contributed by atoms with E-state index >= 15 is 0 Å². The normalized spacial score (nSPS) is 14.4. The van der Waals surface area contributed by atoms with Crippen molar-refractivity contribution in [1.82, 2.24) is 5.32 Å². The van der Waals surface area contributed by atoms with Gasteiger partial charge in [0.25, 0.3) is 0 Å². The summed E-state index contributed by atoms with van der Waals surface area (Å²) in [6.07, 6.45) is 0.911. The molecule has 0 bridgehead atoms. The van der Waals surface area contributed by atoms with Crippen LogP contribution < -0.4 is 5.32 Å². The Hall–Kier alpha value is -1.35. The second-order valence-corrected chi connectivity index (χ2v) is 4.67. The van der Waals surface area contributed by atoms with Crippen molar-refractivity contribution >= 4 is 5.97 Å². The lowest BCUT2D eigenvalue weighted by atomic mass is 10.0. The first-order chi connectivity index (χ1) is 7.93. The van der Waals surface area contributed by atoms with Gasteiger partial charge in [-0.15, -0.1) is 0 Å². The van der Waals surface area contributed by atoms with E-state index in [-0.39, 0.29) is 6.04 Å². The minimum absolute atomic E-state index is 0.192. The fourth-order valence-corrected chi connectivity index (χ4v) is 1.89. The molecule has 3 nitrogen and oxygen atoms in total. The molecule has 2 atom stereocenters. The molecule has 1 aromatic rings. The van der Waals surface area contributed by atoms with Crippen LogP contribution in [0.3, 0.4) is 0 Å². The van der Waals surface area contributed by atoms with E-state index in [1.807, 2.05) is 45.9 Å². The minimum atomic E-state index is -0.824. The fraction of sp³-hybridized carbons (Fsp3) is 0.500. The number of hydrogen-bond donors (Lipinski definition) is 2. The Morgan fingerprint density at radius 2 is 1.82 bits per heavy atom. The van der Waals surface area contributed by atoms with Gasteiger partial charge in [0.2, 0.25) is 0 Å². The maximum absolute atomic E-state index is 11.3. The molecule has 0 spiro atoms. The largest absolute Gasteiger partial charge is 0.480 e. The number of rotatable bonds is 5. The first-order valence-corrected chi connectivity index (χ1v) is 6.01. The molecular weight excluding hydrogens is 214 g/mol. The lowest BCUT2D eigenvalue weighted by Crippen LogP contribution is -2.35. The first kappa shape index (κ1) is 13.7. The van der Waals surface area contributed by atoms with Gasteiger partial charge >= 0.3 is 5.97 Å². The molecule has 0 aliphatic carbocycles. The Bertz CT molecular complexity index is 381. The molecule has 2 N–H and O–H groups in total. The minimum Gasteiger partial charge on any atom is -0.480 e. The molecule has 0 amide bonds. The van der Waals surface area contributed by atoms with Crippen molar-refractivity contribution in [2.75, 3.05) is 0 Å².